The molecule has 4 nitrogen and oxygen atoms in total. The summed E-state index contributed by atoms with van der Waals surface area (Å²) in [4.78, 5) is 4.39. The molecule has 1 aromatic carbocycles. The second-order valence-electron chi connectivity index (χ2n) is 3.84. The van der Waals surface area contributed by atoms with E-state index in [9.17, 15) is 0 Å². The van der Waals surface area contributed by atoms with Gasteiger partial charge in [0.2, 0.25) is 0 Å². The van der Waals surface area contributed by atoms with E-state index in [0.717, 1.165) is 26.9 Å². The van der Waals surface area contributed by atoms with Crippen LogP contribution in [0.1, 0.15) is 24.4 Å². The highest BCUT2D eigenvalue weighted by Crippen LogP contribution is 2.30. The average molecular weight is 374 g/mol. The number of rotatable bonds is 4. The fourth-order valence-electron chi connectivity index (χ4n) is 1.89. The molecule has 0 aliphatic carbocycles. The summed E-state index contributed by atoms with van der Waals surface area (Å²) in [5.41, 5.74) is 3.88. The minimum Gasteiger partial charge on any atom is -0.334 e. The zero-order valence-electron chi connectivity index (χ0n) is 9.90. The van der Waals surface area contributed by atoms with Crippen LogP contribution in [0.2, 0.25) is 0 Å². The lowest BCUT2D eigenvalue weighted by Crippen LogP contribution is -2.31. The third-order valence-corrected chi connectivity index (χ3v) is 4.00. The topological polar surface area (TPSA) is 55.9 Å². The highest BCUT2D eigenvalue weighted by atomic mass is 79.9. The Labute approximate surface area is 123 Å². The molecule has 0 fully saturated rings. The van der Waals surface area contributed by atoms with Gasteiger partial charge in [0.15, 0.2) is 0 Å². The van der Waals surface area contributed by atoms with Gasteiger partial charge in [-0.3, -0.25) is 5.84 Å². The third-order valence-electron chi connectivity index (χ3n) is 2.78. The van der Waals surface area contributed by atoms with Crippen molar-refractivity contribution in [3.05, 3.63) is 50.9 Å². The van der Waals surface area contributed by atoms with Crippen LogP contribution < -0.4 is 11.3 Å². The number of hydrogen-bond acceptors (Lipinski definition) is 3. The molecule has 1 unspecified atom stereocenters. The maximum Gasteiger partial charge on any atom is 0.131 e. The van der Waals surface area contributed by atoms with Crippen molar-refractivity contribution in [1.82, 2.24) is 15.0 Å². The molecule has 2 rings (SSSR count). The lowest BCUT2D eigenvalue weighted by molar-refractivity contribution is 0.559. The highest BCUT2D eigenvalue weighted by Gasteiger charge is 2.20. The van der Waals surface area contributed by atoms with Crippen molar-refractivity contribution < 1.29 is 0 Å². The summed E-state index contributed by atoms with van der Waals surface area (Å²) in [5, 5.41) is 0. The number of hydrazine groups is 1. The zero-order valence-corrected chi connectivity index (χ0v) is 13.1. The quantitative estimate of drug-likeness (QED) is 0.639. The molecular formula is C12H14Br2N4. The van der Waals surface area contributed by atoms with Gasteiger partial charge in [0.05, 0.1) is 0 Å². The Morgan fingerprint density at radius 3 is 2.89 bits per heavy atom. The van der Waals surface area contributed by atoms with Crippen LogP contribution in [0, 0.1) is 0 Å². The molecule has 1 heterocycles. The highest BCUT2D eigenvalue weighted by molar-refractivity contribution is 9.11. The summed E-state index contributed by atoms with van der Waals surface area (Å²) in [6, 6.07) is 5.85. The van der Waals surface area contributed by atoms with E-state index in [1.807, 2.05) is 24.4 Å². The first-order valence-electron chi connectivity index (χ1n) is 5.59. The fourth-order valence-corrected chi connectivity index (χ4v) is 2.74. The molecule has 0 aliphatic heterocycles. The molecule has 0 bridgehead atoms. The van der Waals surface area contributed by atoms with Crippen molar-refractivity contribution in [1.29, 1.82) is 0 Å². The van der Waals surface area contributed by atoms with Crippen molar-refractivity contribution in [2.45, 2.75) is 19.5 Å². The molecule has 0 spiro atoms. The molecule has 0 saturated carbocycles. The first-order chi connectivity index (χ1) is 8.67. The lowest BCUT2D eigenvalue weighted by Gasteiger charge is -2.18. The molecule has 6 heteroatoms. The van der Waals surface area contributed by atoms with Crippen LogP contribution in [-0.2, 0) is 6.54 Å². The van der Waals surface area contributed by atoms with Crippen molar-refractivity contribution in [2.24, 2.45) is 5.84 Å². The van der Waals surface area contributed by atoms with E-state index in [-0.39, 0.29) is 6.04 Å². The summed E-state index contributed by atoms with van der Waals surface area (Å²) in [6.07, 6.45) is 3.74. The minimum atomic E-state index is -0.146. The predicted molar refractivity (Wildman–Crippen MR) is 78.9 cm³/mol. The van der Waals surface area contributed by atoms with Crippen LogP contribution in [0.15, 0.2) is 39.5 Å². The van der Waals surface area contributed by atoms with Gasteiger partial charge in [0.1, 0.15) is 11.9 Å². The van der Waals surface area contributed by atoms with Gasteiger partial charge >= 0.3 is 0 Å². The molecule has 0 saturated heterocycles. The van der Waals surface area contributed by atoms with Gasteiger partial charge in [-0.25, -0.2) is 10.4 Å². The van der Waals surface area contributed by atoms with E-state index in [4.69, 9.17) is 5.84 Å². The summed E-state index contributed by atoms with van der Waals surface area (Å²) in [7, 11) is 0. The molecule has 18 heavy (non-hydrogen) atoms. The van der Waals surface area contributed by atoms with Gasteiger partial charge in [-0.2, -0.15) is 0 Å². The number of nitrogens with zero attached hydrogens (tertiary/aromatic N) is 2. The van der Waals surface area contributed by atoms with Gasteiger partial charge in [0, 0.05) is 27.9 Å². The molecule has 1 aromatic heterocycles. The van der Waals surface area contributed by atoms with E-state index >= 15 is 0 Å². The van der Waals surface area contributed by atoms with Crippen LogP contribution in [0.4, 0.5) is 0 Å². The Morgan fingerprint density at radius 2 is 2.22 bits per heavy atom. The van der Waals surface area contributed by atoms with Gasteiger partial charge in [-0.1, -0.05) is 31.9 Å². The first-order valence-corrected chi connectivity index (χ1v) is 7.18. The third kappa shape index (κ3) is 2.66. The number of aromatic nitrogens is 2. The average Bonchev–Trinajstić information content (AvgIpc) is 2.83. The minimum absolute atomic E-state index is 0.146. The number of nitrogens with one attached hydrogen (secondary N) is 1. The fraction of sp³-hybridized carbons (Fsp3) is 0.250. The second-order valence-corrected chi connectivity index (χ2v) is 5.61. The first kappa shape index (κ1) is 13.7. The van der Waals surface area contributed by atoms with Crippen molar-refractivity contribution in [3.63, 3.8) is 0 Å². The normalized spacial score (nSPS) is 12.7. The van der Waals surface area contributed by atoms with E-state index in [1.54, 1.807) is 6.20 Å². The Hall–Kier alpha value is -0.690. The Balaban J connectivity index is 2.48. The second kappa shape index (κ2) is 5.97. The maximum absolute atomic E-state index is 5.70. The largest absolute Gasteiger partial charge is 0.334 e. The van der Waals surface area contributed by atoms with Crippen LogP contribution in [-0.4, -0.2) is 9.55 Å². The molecule has 0 amide bonds. The SMILES string of the molecule is CCn1ccnc1C(NN)c1cc(Br)ccc1Br. The van der Waals surface area contributed by atoms with E-state index in [0.29, 0.717) is 0 Å². The molecule has 0 radical (unpaired) electrons. The maximum atomic E-state index is 5.70. The van der Waals surface area contributed by atoms with Crippen molar-refractivity contribution in [2.75, 3.05) is 0 Å². The lowest BCUT2D eigenvalue weighted by atomic mass is 10.1. The molecular weight excluding hydrogens is 360 g/mol. The Morgan fingerprint density at radius 1 is 1.44 bits per heavy atom. The number of aryl methyl sites for hydroxylation is 1. The number of imidazole rings is 1. The molecule has 0 aliphatic rings. The Kier molecular flexibility index (Phi) is 4.55. The summed E-state index contributed by atoms with van der Waals surface area (Å²) in [5.74, 6) is 6.60. The number of halogens is 2. The van der Waals surface area contributed by atoms with Gasteiger partial charge < -0.3 is 4.57 Å². The van der Waals surface area contributed by atoms with Crippen LogP contribution in [0.3, 0.4) is 0 Å². The molecule has 2 aromatic rings. The summed E-state index contributed by atoms with van der Waals surface area (Å²) in [6.45, 7) is 2.94. The Bertz CT molecular complexity index is 539. The van der Waals surface area contributed by atoms with Crippen LogP contribution in [0.5, 0.6) is 0 Å². The standard InChI is InChI=1S/C12H14Br2N4/c1-2-18-6-5-16-12(18)11(17-15)9-7-8(13)3-4-10(9)14/h3-7,11,17H,2,15H2,1H3. The van der Waals surface area contributed by atoms with E-state index < -0.39 is 0 Å². The number of nitrogens with two attached hydrogens (primary N) is 1. The van der Waals surface area contributed by atoms with E-state index in [1.165, 1.54) is 0 Å². The van der Waals surface area contributed by atoms with Gasteiger partial charge in [-0.05, 0) is 30.7 Å². The number of hydrogen-bond donors (Lipinski definition) is 2. The predicted octanol–water partition coefficient (Wildman–Crippen LogP) is 2.98. The molecule has 1 atom stereocenters. The van der Waals surface area contributed by atoms with Gasteiger partial charge in [-0.15, -0.1) is 0 Å². The summed E-state index contributed by atoms with van der Waals surface area (Å²) < 4.78 is 4.08. The van der Waals surface area contributed by atoms with Crippen LogP contribution >= 0.6 is 31.9 Å². The monoisotopic (exact) mass is 372 g/mol. The molecule has 96 valence electrons. The molecule has 3 N–H and O–H groups in total. The van der Waals surface area contributed by atoms with Gasteiger partial charge in [0.25, 0.3) is 0 Å². The zero-order chi connectivity index (χ0) is 13.1. The van der Waals surface area contributed by atoms with Crippen molar-refractivity contribution in [3.8, 4) is 0 Å². The van der Waals surface area contributed by atoms with Crippen LogP contribution in [0.25, 0.3) is 0 Å². The van der Waals surface area contributed by atoms with Crippen molar-refractivity contribution >= 4 is 31.9 Å². The smallest absolute Gasteiger partial charge is 0.131 e. The van der Waals surface area contributed by atoms with E-state index in [2.05, 4.69) is 53.8 Å². The summed E-state index contributed by atoms with van der Waals surface area (Å²) >= 11 is 7.03. The number of benzene rings is 1.